The molecule has 2 fully saturated rings. The van der Waals surface area contributed by atoms with Crippen molar-refractivity contribution in [2.24, 2.45) is 52.5 Å². The van der Waals surface area contributed by atoms with E-state index >= 15 is 19.2 Å². The molecule has 0 aromatic heterocycles. The van der Waals surface area contributed by atoms with Gasteiger partial charge in [-0.2, -0.15) is 0 Å². The second-order valence-corrected chi connectivity index (χ2v) is 29.4. The van der Waals surface area contributed by atoms with E-state index in [0.717, 1.165) is 31.0 Å². The normalized spacial score (nSPS) is 27.1. The number of hydrogen-bond acceptors (Lipinski definition) is 16. The number of hydrogen-bond donors (Lipinski definition) is 4. The first-order valence-corrected chi connectivity index (χ1v) is 35.5. The van der Waals surface area contributed by atoms with Crippen LogP contribution in [0.2, 0.25) is 0 Å². The van der Waals surface area contributed by atoms with Crippen molar-refractivity contribution in [1.82, 2.24) is 50.2 Å². The summed E-state index contributed by atoms with van der Waals surface area (Å²) < 4.78 is 11.9. The van der Waals surface area contributed by atoms with Crippen LogP contribution >= 0.6 is 0 Å². The fourth-order valence-corrected chi connectivity index (χ4v) is 12.9. The highest BCUT2D eigenvalue weighted by Gasteiger charge is 2.45. The molecule has 14 atom stereocenters. The van der Waals surface area contributed by atoms with Crippen molar-refractivity contribution in [2.75, 3.05) is 88.3 Å². The number of rotatable bonds is 23. The summed E-state index contributed by atoms with van der Waals surface area (Å²) in [5.74, 6) is -11.3. The number of nitrogens with zero attached hydrogens (tertiary/aromatic N) is 10. The lowest BCUT2D eigenvalue weighted by Gasteiger charge is -2.40. The van der Waals surface area contributed by atoms with Gasteiger partial charge in [0.25, 0.3) is 0 Å². The van der Waals surface area contributed by atoms with Gasteiger partial charge in [-0.3, -0.25) is 57.6 Å². The standard InChI is InChI=1S/C70H125N13O14/c1-23-52-68(93)77(17)49(15)66(91)82(22)60(50(16)97-33-27-26-30-83-31-34-96-35-32-83)57(85)40-51(44(8)9)67(92)78(18)53(36-41(2)3)56(84)39-47(13)62(87)73-48(14)65(90)79(19)54(37-42(4)5)69(94)80(20)55(38-43(6)7)70(95)81(21)59(45(10)11)64(89)75-58(63(88)74-52)61(86)46(12)28-24-25-29-72-76-71/h41-55,58-61,86H,23-40H2,1-22H3,(H,73,87)(H,74,88)(H,75,89)/t46-,47-,48-,49-,50-,51+,52+,53+,54+,55+,58+,59+,60+,61-/m1/s1. The zero-order chi connectivity index (χ0) is 74.0. The number of ether oxygens (including phenoxy) is 2. The first-order valence-electron chi connectivity index (χ1n) is 35.5. The lowest BCUT2D eigenvalue weighted by molar-refractivity contribution is -0.154. The van der Waals surface area contributed by atoms with Crippen LogP contribution < -0.4 is 16.0 Å². The van der Waals surface area contributed by atoms with Gasteiger partial charge in [0.1, 0.15) is 48.3 Å². The summed E-state index contributed by atoms with van der Waals surface area (Å²) >= 11 is 0. The van der Waals surface area contributed by atoms with E-state index in [1.165, 1.54) is 80.6 Å². The molecular weight excluding hydrogens is 1250 g/mol. The number of morpholine rings is 1. The molecule has 0 radical (unpaired) electrons. The van der Waals surface area contributed by atoms with Gasteiger partial charge in [0.2, 0.25) is 53.2 Å². The van der Waals surface area contributed by atoms with Crippen molar-refractivity contribution in [2.45, 2.75) is 248 Å². The number of unbranched alkanes of at least 4 members (excludes halogenated alkanes) is 2. The van der Waals surface area contributed by atoms with E-state index in [1.807, 2.05) is 41.5 Å². The van der Waals surface area contributed by atoms with E-state index < -0.39 is 161 Å². The van der Waals surface area contributed by atoms with Crippen LogP contribution in [0.5, 0.6) is 0 Å². The zero-order valence-electron chi connectivity index (χ0n) is 62.9. The Morgan fingerprint density at radius 1 is 0.567 bits per heavy atom. The summed E-state index contributed by atoms with van der Waals surface area (Å²) in [4.78, 5) is 176. The highest BCUT2D eigenvalue weighted by Crippen LogP contribution is 2.28. The van der Waals surface area contributed by atoms with Gasteiger partial charge in [-0.25, -0.2) is 0 Å². The minimum Gasteiger partial charge on any atom is -0.390 e. The Morgan fingerprint density at radius 2 is 1.09 bits per heavy atom. The van der Waals surface area contributed by atoms with Gasteiger partial charge in [-0.15, -0.1) is 0 Å². The second kappa shape index (κ2) is 42.0. The maximum atomic E-state index is 15.2. The SMILES string of the molecule is CC[C@@H]1NC(=O)[C@H]([C@H](O)[C@H](C)CCCCN=[N+]=[N-])NC(=O)[C@H](C(C)C)N(C)C(=O)[C@H](CC(C)C)N(C)C(=O)[C@H](CC(C)C)N(C)C(=O)[C@@H](C)NC(=O)[C@H](C)CC(=O)[C@H](CC(C)C)N(C)C(=O)[C@H](C(C)C)CC(=O)[C@H]([C@@H](C)OCCCCN2CCOCC2)N(C)C(=O)[C@@H](C)N(C)C1=O. The Balaban J connectivity index is 2.99. The number of nitrogens with one attached hydrogen (secondary N) is 3. The molecule has 554 valence electrons. The summed E-state index contributed by atoms with van der Waals surface area (Å²) in [7, 11) is 8.63. The van der Waals surface area contributed by atoms with Crippen molar-refractivity contribution in [3.63, 3.8) is 0 Å². The first kappa shape index (κ1) is 86.8. The second-order valence-electron chi connectivity index (χ2n) is 29.4. The molecule has 0 spiro atoms. The van der Waals surface area contributed by atoms with Crippen molar-refractivity contribution in [1.29, 1.82) is 0 Å². The van der Waals surface area contributed by atoms with Crippen LogP contribution in [0.3, 0.4) is 0 Å². The van der Waals surface area contributed by atoms with Crippen LogP contribution in [0.25, 0.3) is 10.4 Å². The minimum atomic E-state index is -1.73. The third-order valence-electron chi connectivity index (χ3n) is 19.3. The molecule has 9 amide bonds. The van der Waals surface area contributed by atoms with Crippen molar-refractivity contribution < 1.29 is 67.3 Å². The van der Waals surface area contributed by atoms with Crippen LogP contribution in [-0.2, 0) is 62.2 Å². The fourth-order valence-electron chi connectivity index (χ4n) is 12.9. The zero-order valence-corrected chi connectivity index (χ0v) is 62.9. The summed E-state index contributed by atoms with van der Waals surface area (Å²) in [5.41, 5.74) is 8.87. The lowest BCUT2D eigenvalue weighted by atomic mass is 9.85. The highest BCUT2D eigenvalue weighted by atomic mass is 16.5. The minimum absolute atomic E-state index is 0.0258. The molecule has 0 aromatic carbocycles. The Morgan fingerprint density at radius 3 is 1.62 bits per heavy atom. The van der Waals surface area contributed by atoms with Gasteiger partial charge in [0, 0.05) is 98.1 Å². The molecule has 2 aliphatic heterocycles. The summed E-state index contributed by atoms with van der Waals surface area (Å²) in [6, 6.07) is -11.5. The van der Waals surface area contributed by atoms with Gasteiger partial charge in [0.05, 0.1) is 31.5 Å². The number of carbonyl (C=O) groups excluding carboxylic acids is 11. The van der Waals surface area contributed by atoms with Gasteiger partial charge in [0.15, 0.2) is 11.6 Å². The van der Waals surface area contributed by atoms with E-state index in [-0.39, 0.29) is 69.4 Å². The molecule has 0 unspecified atom stereocenters. The summed E-state index contributed by atoms with van der Waals surface area (Å²) in [6.45, 7) is 31.9. The molecule has 2 rings (SSSR count). The van der Waals surface area contributed by atoms with Crippen molar-refractivity contribution in [3.8, 4) is 0 Å². The van der Waals surface area contributed by atoms with Crippen LogP contribution in [0.4, 0.5) is 0 Å². The van der Waals surface area contributed by atoms with Gasteiger partial charge < -0.3 is 59.9 Å². The van der Waals surface area contributed by atoms with Gasteiger partial charge in [-0.05, 0) is 120 Å². The Labute approximate surface area is 579 Å². The molecule has 0 bridgehead atoms. The third-order valence-corrected chi connectivity index (χ3v) is 19.3. The van der Waals surface area contributed by atoms with E-state index in [1.54, 1.807) is 55.4 Å². The summed E-state index contributed by atoms with van der Waals surface area (Å²) in [5, 5.41) is 24.0. The molecule has 97 heavy (non-hydrogen) atoms. The fraction of sp³-hybridized carbons (Fsp3) is 0.843. The van der Waals surface area contributed by atoms with Crippen molar-refractivity contribution >= 4 is 64.7 Å². The first-order chi connectivity index (χ1) is 45.3. The molecule has 2 heterocycles. The topological polar surface area (TPSA) is 334 Å². The summed E-state index contributed by atoms with van der Waals surface area (Å²) in [6.07, 6.45) is -0.0850. The van der Waals surface area contributed by atoms with Crippen LogP contribution in [0, 0.1) is 47.3 Å². The largest absolute Gasteiger partial charge is 0.390 e. The molecular formula is C70H125N13O14. The number of aliphatic hydroxyl groups excluding tert-OH is 1. The molecule has 2 aliphatic rings. The lowest BCUT2D eigenvalue weighted by Crippen LogP contribution is -2.63. The molecule has 0 aliphatic carbocycles. The van der Waals surface area contributed by atoms with E-state index in [9.17, 15) is 38.7 Å². The van der Waals surface area contributed by atoms with E-state index in [2.05, 4.69) is 30.9 Å². The van der Waals surface area contributed by atoms with Crippen molar-refractivity contribution in [3.05, 3.63) is 10.4 Å². The monoisotopic (exact) mass is 1370 g/mol. The number of carbonyl (C=O) groups is 11. The molecule has 4 N–H and O–H groups in total. The Hall–Kier alpha value is -6.28. The predicted molar refractivity (Wildman–Crippen MR) is 372 cm³/mol. The molecule has 27 nitrogen and oxygen atoms in total. The molecule has 0 saturated carbocycles. The highest BCUT2D eigenvalue weighted by molar-refractivity contribution is 6.00. The number of amides is 9. The van der Waals surface area contributed by atoms with Crippen LogP contribution in [0.15, 0.2) is 5.11 Å². The number of likely N-dealkylation sites (N-methyl/N-ethyl adjacent to an activating group) is 6. The number of ketones is 2. The molecule has 0 aromatic rings. The van der Waals surface area contributed by atoms with Gasteiger partial charge in [-0.1, -0.05) is 102 Å². The molecule has 2 saturated heterocycles. The molecule has 27 heteroatoms. The maximum Gasteiger partial charge on any atom is 0.245 e. The number of azide groups is 1. The van der Waals surface area contributed by atoms with E-state index in [0.29, 0.717) is 38.9 Å². The Bertz CT molecular complexity index is 2650. The third kappa shape index (κ3) is 26.1. The average molecular weight is 1370 g/mol. The maximum absolute atomic E-state index is 15.2. The van der Waals surface area contributed by atoms with E-state index in [4.69, 9.17) is 15.0 Å². The predicted octanol–water partition coefficient (Wildman–Crippen LogP) is 5.48. The van der Waals surface area contributed by atoms with Gasteiger partial charge >= 0.3 is 0 Å². The number of aliphatic hydroxyl groups is 1. The smallest absolute Gasteiger partial charge is 0.245 e. The quantitative estimate of drug-likeness (QED) is 0.0426. The van der Waals surface area contributed by atoms with Crippen LogP contribution in [0.1, 0.15) is 181 Å². The van der Waals surface area contributed by atoms with Crippen LogP contribution in [-0.4, -0.2) is 259 Å². The Kier molecular flexibility index (Phi) is 37.6. The average Bonchev–Trinajstić information content (AvgIpc) is 0.820. The number of Topliss-reactive ketones (excluding diaryl/α,β-unsaturated/α-hetero) is 2.